The van der Waals surface area contributed by atoms with Crippen molar-refractivity contribution < 1.29 is 19.2 Å². The molecular formula is C25H27N3O4S. The summed E-state index contributed by atoms with van der Waals surface area (Å²) in [6.45, 7) is 6.24. The van der Waals surface area contributed by atoms with E-state index in [0.29, 0.717) is 10.5 Å². The molecule has 0 spiro atoms. The molecule has 0 aromatic heterocycles. The molecule has 172 valence electrons. The Morgan fingerprint density at radius 1 is 0.970 bits per heavy atom. The van der Waals surface area contributed by atoms with Crippen LogP contribution in [0.25, 0.3) is 6.08 Å². The van der Waals surface area contributed by atoms with E-state index >= 15 is 0 Å². The summed E-state index contributed by atoms with van der Waals surface area (Å²) in [4.78, 5) is 50.5. The second-order valence-electron chi connectivity index (χ2n) is 8.60. The molecule has 8 heteroatoms. The molecule has 1 fully saturated rings. The minimum absolute atomic E-state index is 0.0103. The van der Waals surface area contributed by atoms with Crippen LogP contribution >= 0.6 is 11.8 Å². The molecule has 7 nitrogen and oxygen atoms in total. The summed E-state index contributed by atoms with van der Waals surface area (Å²) in [6, 6.07) is 16.5. The van der Waals surface area contributed by atoms with E-state index in [0.717, 1.165) is 27.8 Å². The van der Waals surface area contributed by atoms with Gasteiger partial charge in [-0.1, -0.05) is 63.2 Å². The van der Waals surface area contributed by atoms with Gasteiger partial charge in [-0.25, -0.2) is 0 Å². The van der Waals surface area contributed by atoms with Crippen LogP contribution in [0, 0.1) is 0 Å². The molecule has 0 bridgehead atoms. The number of imide groups is 1. The van der Waals surface area contributed by atoms with Gasteiger partial charge in [-0.05, 0) is 46.5 Å². The van der Waals surface area contributed by atoms with Crippen LogP contribution in [0.1, 0.15) is 42.3 Å². The molecule has 0 unspecified atom stereocenters. The summed E-state index contributed by atoms with van der Waals surface area (Å²) in [5, 5.41) is 4.83. The minimum atomic E-state index is -0.401. The molecule has 3 rings (SSSR count). The van der Waals surface area contributed by atoms with Gasteiger partial charge in [-0.3, -0.25) is 24.1 Å². The number of thioether (sulfide) groups is 1. The molecule has 1 aliphatic heterocycles. The van der Waals surface area contributed by atoms with Gasteiger partial charge in [0.2, 0.25) is 5.91 Å². The number of carbonyl (C=O) groups is 4. The Balaban J connectivity index is 1.44. The van der Waals surface area contributed by atoms with Crippen LogP contribution in [-0.2, 0) is 15.0 Å². The predicted molar refractivity (Wildman–Crippen MR) is 130 cm³/mol. The van der Waals surface area contributed by atoms with Crippen molar-refractivity contribution in [2.24, 2.45) is 0 Å². The Hall–Kier alpha value is -3.39. The Labute approximate surface area is 197 Å². The normalized spacial score (nSPS) is 15.1. The second-order valence-corrected chi connectivity index (χ2v) is 9.60. The molecule has 2 aromatic rings. The number of hydrogen-bond acceptors (Lipinski definition) is 5. The highest BCUT2D eigenvalue weighted by Crippen LogP contribution is 2.31. The van der Waals surface area contributed by atoms with Gasteiger partial charge in [0.05, 0.1) is 11.4 Å². The van der Waals surface area contributed by atoms with Crippen molar-refractivity contribution in [1.82, 2.24) is 15.5 Å². The maximum Gasteiger partial charge on any atom is 0.293 e. The monoisotopic (exact) mass is 465 g/mol. The van der Waals surface area contributed by atoms with E-state index < -0.39 is 5.91 Å². The summed E-state index contributed by atoms with van der Waals surface area (Å²) < 4.78 is 0. The van der Waals surface area contributed by atoms with Gasteiger partial charge < -0.3 is 10.6 Å². The van der Waals surface area contributed by atoms with E-state index in [1.807, 2.05) is 42.5 Å². The summed E-state index contributed by atoms with van der Waals surface area (Å²) in [6.07, 6.45) is 1.67. The molecule has 0 radical (unpaired) electrons. The first-order chi connectivity index (χ1) is 15.6. The number of nitrogens with zero attached hydrogens (tertiary/aromatic N) is 1. The van der Waals surface area contributed by atoms with E-state index in [1.165, 1.54) is 0 Å². The molecule has 2 N–H and O–H groups in total. The number of amides is 4. The maximum absolute atomic E-state index is 12.5. The van der Waals surface area contributed by atoms with Gasteiger partial charge >= 0.3 is 0 Å². The fourth-order valence-corrected chi connectivity index (χ4v) is 4.01. The van der Waals surface area contributed by atoms with E-state index in [2.05, 4.69) is 31.4 Å². The molecule has 0 aliphatic carbocycles. The standard InChI is InChI=1S/C25H27N3O4S/c1-25(2,3)19-11-9-18(10-12-19)22(30)27-16-21(29)26-13-14-28-23(31)20(33-24(28)32)15-17-7-5-4-6-8-17/h4-12,15H,13-14,16H2,1-3H3,(H,26,29)(H,27,30). The summed E-state index contributed by atoms with van der Waals surface area (Å²) in [7, 11) is 0. The lowest BCUT2D eigenvalue weighted by molar-refractivity contribution is -0.124. The summed E-state index contributed by atoms with van der Waals surface area (Å²) in [5.74, 6) is -1.13. The predicted octanol–water partition coefficient (Wildman–Crippen LogP) is 3.57. The fraction of sp³-hybridized carbons (Fsp3) is 0.280. The quantitative estimate of drug-likeness (QED) is 0.610. The van der Waals surface area contributed by atoms with Crippen LogP contribution in [-0.4, -0.2) is 47.5 Å². The van der Waals surface area contributed by atoms with Gasteiger partial charge in [0.15, 0.2) is 0 Å². The average Bonchev–Trinajstić information content (AvgIpc) is 3.05. The Morgan fingerprint density at radius 2 is 1.64 bits per heavy atom. The van der Waals surface area contributed by atoms with E-state index in [-0.39, 0.29) is 42.1 Å². The topological polar surface area (TPSA) is 95.6 Å². The lowest BCUT2D eigenvalue weighted by Crippen LogP contribution is -2.41. The fourth-order valence-electron chi connectivity index (χ4n) is 3.15. The first kappa shape index (κ1) is 24.3. The van der Waals surface area contributed by atoms with Crippen molar-refractivity contribution in [3.05, 3.63) is 76.2 Å². The van der Waals surface area contributed by atoms with Gasteiger partial charge in [0.1, 0.15) is 0 Å². The van der Waals surface area contributed by atoms with Crippen LogP contribution in [0.5, 0.6) is 0 Å². The van der Waals surface area contributed by atoms with Crippen LogP contribution in [0.3, 0.4) is 0 Å². The highest BCUT2D eigenvalue weighted by Gasteiger charge is 2.34. The van der Waals surface area contributed by atoms with Crippen molar-refractivity contribution in [2.45, 2.75) is 26.2 Å². The maximum atomic E-state index is 12.5. The molecule has 1 aliphatic rings. The zero-order chi connectivity index (χ0) is 24.0. The van der Waals surface area contributed by atoms with E-state index in [4.69, 9.17) is 0 Å². The van der Waals surface area contributed by atoms with Gasteiger partial charge in [0.25, 0.3) is 17.1 Å². The van der Waals surface area contributed by atoms with Crippen LogP contribution in [0.2, 0.25) is 0 Å². The number of hydrogen-bond donors (Lipinski definition) is 2. The molecular weight excluding hydrogens is 438 g/mol. The number of benzene rings is 2. The van der Waals surface area contributed by atoms with Crippen molar-refractivity contribution in [2.75, 3.05) is 19.6 Å². The van der Waals surface area contributed by atoms with E-state index in [1.54, 1.807) is 18.2 Å². The molecule has 0 saturated carbocycles. The summed E-state index contributed by atoms with van der Waals surface area (Å²) >= 11 is 0.878. The van der Waals surface area contributed by atoms with Gasteiger partial charge in [-0.15, -0.1) is 0 Å². The smallest absolute Gasteiger partial charge is 0.293 e. The lowest BCUT2D eigenvalue weighted by Gasteiger charge is -2.19. The molecule has 4 amide bonds. The zero-order valence-corrected chi connectivity index (χ0v) is 19.7. The van der Waals surface area contributed by atoms with Crippen molar-refractivity contribution in [3.8, 4) is 0 Å². The number of nitrogens with one attached hydrogen (secondary N) is 2. The second kappa shape index (κ2) is 10.5. The zero-order valence-electron chi connectivity index (χ0n) is 18.9. The van der Waals surface area contributed by atoms with Crippen LogP contribution in [0.4, 0.5) is 4.79 Å². The third kappa shape index (κ3) is 6.55. The van der Waals surface area contributed by atoms with Crippen LogP contribution in [0.15, 0.2) is 59.5 Å². The molecule has 1 heterocycles. The largest absolute Gasteiger partial charge is 0.353 e. The first-order valence-corrected chi connectivity index (χ1v) is 11.4. The number of carbonyl (C=O) groups excluding carboxylic acids is 4. The highest BCUT2D eigenvalue weighted by molar-refractivity contribution is 8.18. The SMILES string of the molecule is CC(C)(C)c1ccc(C(=O)NCC(=O)NCCN2C(=O)SC(=Cc3ccccc3)C2=O)cc1. The van der Waals surface area contributed by atoms with E-state index in [9.17, 15) is 19.2 Å². The van der Waals surface area contributed by atoms with Crippen molar-refractivity contribution in [1.29, 1.82) is 0 Å². The Kier molecular flexibility index (Phi) is 7.71. The third-order valence-electron chi connectivity index (χ3n) is 5.05. The van der Waals surface area contributed by atoms with Gasteiger partial charge in [0, 0.05) is 18.7 Å². The Bertz CT molecular complexity index is 1070. The van der Waals surface area contributed by atoms with Crippen molar-refractivity contribution in [3.63, 3.8) is 0 Å². The molecule has 33 heavy (non-hydrogen) atoms. The lowest BCUT2D eigenvalue weighted by atomic mass is 9.87. The summed E-state index contributed by atoms with van der Waals surface area (Å²) in [5.41, 5.74) is 2.41. The molecule has 0 atom stereocenters. The molecule has 2 aromatic carbocycles. The van der Waals surface area contributed by atoms with Crippen LogP contribution < -0.4 is 10.6 Å². The number of rotatable bonds is 7. The first-order valence-electron chi connectivity index (χ1n) is 10.6. The van der Waals surface area contributed by atoms with Gasteiger partial charge in [-0.2, -0.15) is 0 Å². The average molecular weight is 466 g/mol. The third-order valence-corrected chi connectivity index (χ3v) is 5.96. The van der Waals surface area contributed by atoms with Crippen molar-refractivity contribution >= 4 is 40.8 Å². The minimum Gasteiger partial charge on any atom is -0.353 e. The highest BCUT2D eigenvalue weighted by atomic mass is 32.2. The molecule has 1 saturated heterocycles. The Morgan fingerprint density at radius 3 is 2.27 bits per heavy atom.